The van der Waals surface area contributed by atoms with Crippen LogP contribution in [0.1, 0.15) is 5.56 Å². The Hall–Kier alpha value is -1.37. The van der Waals surface area contributed by atoms with Crippen molar-refractivity contribution < 1.29 is 13.2 Å². The molecule has 4 nitrogen and oxygen atoms in total. The van der Waals surface area contributed by atoms with Crippen LogP contribution in [0, 0.1) is 0 Å². The van der Waals surface area contributed by atoms with Crippen LogP contribution in [0.3, 0.4) is 0 Å². The Morgan fingerprint density at radius 2 is 1.80 bits per heavy atom. The monoisotopic (exact) mass is 355 g/mol. The van der Waals surface area contributed by atoms with Gasteiger partial charge in [0, 0.05) is 4.47 Å². The summed E-state index contributed by atoms with van der Waals surface area (Å²) < 4.78 is 30.3. The van der Waals surface area contributed by atoms with E-state index in [1.54, 1.807) is 12.1 Å². The van der Waals surface area contributed by atoms with Crippen molar-refractivity contribution in [1.82, 2.24) is 0 Å². The van der Waals surface area contributed by atoms with Crippen LogP contribution >= 0.6 is 15.9 Å². The SMILES string of the molecule is Nc1ccc(Br)cc1S(=O)(=O)COCc1ccccc1. The summed E-state index contributed by atoms with van der Waals surface area (Å²) in [6, 6.07) is 14.1. The van der Waals surface area contributed by atoms with Gasteiger partial charge in [-0.3, -0.25) is 0 Å². The first-order chi connectivity index (χ1) is 9.49. The first-order valence-electron chi connectivity index (χ1n) is 5.88. The maximum Gasteiger partial charge on any atom is 0.204 e. The Balaban J connectivity index is 2.06. The minimum atomic E-state index is -3.56. The number of nitrogens with two attached hydrogens (primary N) is 1. The Morgan fingerprint density at radius 1 is 1.10 bits per heavy atom. The first kappa shape index (κ1) is 15.0. The topological polar surface area (TPSA) is 69.4 Å². The van der Waals surface area contributed by atoms with Crippen molar-refractivity contribution in [1.29, 1.82) is 0 Å². The number of hydrogen-bond donors (Lipinski definition) is 1. The van der Waals surface area contributed by atoms with Crippen molar-refractivity contribution in [2.24, 2.45) is 0 Å². The summed E-state index contributed by atoms with van der Waals surface area (Å²) in [5, 5.41) is 0. The molecule has 0 aliphatic carbocycles. The van der Waals surface area contributed by atoms with E-state index < -0.39 is 15.8 Å². The van der Waals surface area contributed by atoms with Crippen LogP contribution in [0.25, 0.3) is 0 Å². The van der Waals surface area contributed by atoms with Crippen LogP contribution in [0.15, 0.2) is 57.9 Å². The molecule has 0 aliphatic heterocycles. The molecule has 0 unspecified atom stereocenters. The van der Waals surface area contributed by atoms with Gasteiger partial charge in [-0.05, 0) is 23.8 Å². The maximum atomic E-state index is 12.2. The molecule has 0 spiro atoms. The number of anilines is 1. The highest BCUT2D eigenvalue weighted by Crippen LogP contribution is 2.24. The van der Waals surface area contributed by atoms with Gasteiger partial charge in [0.1, 0.15) is 0 Å². The van der Waals surface area contributed by atoms with E-state index in [9.17, 15) is 8.42 Å². The second-order valence-electron chi connectivity index (χ2n) is 4.25. The molecule has 0 fully saturated rings. The fraction of sp³-hybridized carbons (Fsp3) is 0.143. The Bertz CT molecular complexity index is 687. The van der Waals surface area contributed by atoms with Crippen LogP contribution in [0.4, 0.5) is 5.69 Å². The quantitative estimate of drug-likeness (QED) is 0.837. The van der Waals surface area contributed by atoms with Gasteiger partial charge in [0.2, 0.25) is 9.84 Å². The highest BCUT2D eigenvalue weighted by Gasteiger charge is 2.18. The number of rotatable bonds is 5. The van der Waals surface area contributed by atoms with Crippen LogP contribution < -0.4 is 5.73 Å². The molecule has 0 aliphatic rings. The van der Waals surface area contributed by atoms with E-state index in [0.717, 1.165) is 5.56 Å². The third kappa shape index (κ3) is 3.82. The predicted octanol–water partition coefficient (Wildman–Crippen LogP) is 2.98. The number of hydrogen-bond acceptors (Lipinski definition) is 4. The third-order valence-electron chi connectivity index (χ3n) is 2.66. The smallest absolute Gasteiger partial charge is 0.204 e. The molecular weight excluding hydrogens is 342 g/mol. The van der Waals surface area contributed by atoms with Gasteiger partial charge in [0.05, 0.1) is 17.2 Å². The van der Waals surface area contributed by atoms with E-state index in [1.165, 1.54) is 6.07 Å². The lowest BCUT2D eigenvalue weighted by Crippen LogP contribution is -2.12. The number of nitrogen functional groups attached to an aromatic ring is 1. The van der Waals surface area contributed by atoms with Gasteiger partial charge in [-0.15, -0.1) is 0 Å². The van der Waals surface area contributed by atoms with Crippen molar-refractivity contribution in [3.8, 4) is 0 Å². The van der Waals surface area contributed by atoms with E-state index in [-0.39, 0.29) is 17.2 Å². The van der Waals surface area contributed by atoms with Crippen molar-refractivity contribution in [2.45, 2.75) is 11.5 Å². The minimum Gasteiger partial charge on any atom is -0.398 e. The van der Waals surface area contributed by atoms with Crippen molar-refractivity contribution in [3.63, 3.8) is 0 Å². The van der Waals surface area contributed by atoms with Crippen molar-refractivity contribution in [3.05, 3.63) is 58.6 Å². The summed E-state index contributed by atoms with van der Waals surface area (Å²) in [6.45, 7) is 0.244. The fourth-order valence-electron chi connectivity index (χ4n) is 1.68. The van der Waals surface area contributed by atoms with E-state index in [2.05, 4.69) is 15.9 Å². The van der Waals surface area contributed by atoms with Gasteiger partial charge in [0.15, 0.2) is 5.94 Å². The van der Waals surface area contributed by atoms with Gasteiger partial charge >= 0.3 is 0 Å². The third-order valence-corrected chi connectivity index (χ3v) is 4.65. The maximum absolute atomic E-state index is 12.2. The molecule has 6 heteroatoms. The zero-order valence-electron chi connectivity index (χ0n) is 10.6. The average Bonchev–Trinajstić information content (AvgIpc) is 2.42. The number of ether oxygens (including phenoxy) is 1. The summed E-state index contributed by atoms with van der Waals surface area (Å²) in [5.74, 6) is -0.400. The largest absolute Gasteiger partial charge is 0.398 e. The molecule has 106 valence electrons. The molecule has 0 atom stereocenters. The second kappa shape index (κ2) is 6.39. The highest BCUT2D eigenvalue weighted by molar-refractivity contribution is 9.10. The molecule has 2 aromatic rings. The molecular formula is C14H14BrNO3S. The Kier molecular flexibility index (Phi) is 4.80. The van der Waals surface area contributed by atoms with Crippen LogP contribution in [-0.2, 0) is 21.2 Å². The van der Waals surface area contributed by atoms with Gasteiger partial charge < -0.3 is 10.5 Å². The summed E-state index contributed by atoms with van der Waals surface area (Å²) in [6.07, 6.45) is 0. The van der Waals surface area contributed by atoms with Gasteiger partial charge in [-0.1, -0.05) is 46.3 Å². The molecule has 0 heterocycles. The van der Waals surface area contributed by atoms with Crippen molar-refractivity contribution in [2.75, 3.05) is 11.7 Å². The Labute approximate surface area is 126 Å². The summed E-state index contributed by atoms with van der Waals surface area (Å²) in [5.41, 5.74) is 6.84. The summed E-state index contributed by atoms with van der Waals surface area (Å²) in [7, 11) is -3.56. The average molecular weight is 356 g/mol. The van der Waals surface area contributed by atoms with Crippen LogP contribution in [-0.4, -0.2) is 14.4 Å². The molecule has 2 N–H and O–H groups in total. The standard InChI is InChI=1S/C14H14BrNO3S/c15-12-6-7-13(16)14(8-12)20(17,18)10-19-9-11-4-2-1-3-5-11/h1-8H,9-10,16H2. The van der Waals surface area contributed by atoms with Gasteiger partial charge in [0.25, 0.3) is 0 Å². The highest BCUT2D eigenvalue weighted by atomic mass is 79.9. The van der Waals surface area contributed by atoms with E-state index in [0.29, 0.717) is 4.47 Å². The second-order valence-corrected chi connectivity index (χ2v) is 7.07. The predicted molar refractivity (Wildman–Crippen MR) is 81.8 cm³/mol. The Morgan fingerprint density at radius 3 is 2.50 bits per heavy atom. The lowest BCUT2D eigenvalue weighted by molar-refractivity contribution is 0.163. The normalized spacial score (nSPS) is 11.4. The van der Waals surface area contributed by atoms with E-state index >= 15 is 0 Å². The van der Waals surface area contributed by atoms with Crippen LogP contribution in [0.2, 0.25) is 0 Å². The van der Waals surface area contributed by atoms with E-state index in [1.807, 2.05) is 30.3 Å². The zero-order chi connectivity index (χ0) is 14.6. The number of sulfone groups is 1. The molecule has 0 amide bonds. The lowest BCUT2D eigenvalue weighted by Gasteiger charge is -2.09. The molecule has 0 saturated heterocycles. The molecule has 20 heavy (non-hydrogen) atoms. The van der Waals surface area contributed by atoms with E-state index in [4.69, 9.17) is 10.5 Å². The number of halogens is 1. The summed E-state index contributed by atoms with van der Waals surface area (Å²) in [4.78, 5) is 0.0833. The van der Waals surface area contributed by atoms with Crippen LogP contribution in [0.5, 0.6) is 0 Å². The molecule has 0 saturated carbocycles. The van der Waals surface area contributed by atoms with Crippen molar-refractivity contribution >= 4 is 31.5 Å². The molecule has 0 aromatic heterocycles. The van der Waals surface area contributed by atoms with Gasteiger partial charge in [-0.25, -0.2) is 8.42 Å². The summed E-state index contributed by atoms with van der Waals surface area (Å²) >= 11 is 3.23. The minimum absolute atomic E-state index is 0.0833. The first-order valence-corrected chi connectivity index (χ1v) is 8.33. The lowest BCUT2D eigenvalue weighted by atomic mass is 10.2. The molecule has 0 bridgehead atoms. The zero-order valence-corrected chi connectivity index (χ0v) is 13.0. The molecule has 2 rings (SSSR count). The fourth-order valence-corrected chi connectivity index (χ4v) is 3.36. The number of benzene rings is 2. The van der Waals surface area contributed by atoms with Gasteiger partial charge in [-0.2, -0.15) is 0 Å². The molecule has 0 radical (unpaired) electrons. The molecule has 2 aromatic carbocycles.